The van der Waals surface area contributed by atoms with E-state index < -0.39 is 11.8 Å². The van der Waals surface area contributed by atoms with Gasteiger partial charge in [-0.3, -0.25) is 9.59 Å². The standard InChI is InChI=1S/C16H14N4O3S/c1-8-9(2)24-16-12(8)15(22)19-13(20-16)11(6-17)14(21)18-7-10-4-3-5-23-10/h3-5,11H,7H2,1-2H3,(H,18,21)(H,19,20,22)/t11-/m0/s1. The first-order chi connectivity index (χ1) is 11.5. The zero-order valence-corrected chi connectivity index (χ0v) is 13.9. The molecule has 0 aliphatic carbocycles. The Morgan fingerprint density at radius 3 is 3.00 bits per heavy atom. The Kier molecular flexibility index (Phi) is 4.18. The number of amides is 1. The largest absolute Gasteiger partial charge is 0.467 e. The summed E-state index contributed by atoms with van der Waals surface area (Å²) in [5.41, 5.74) is 0.530. The Balaban J connectivity index is 1.90. The molecule has 0 saturated carbocycles. The van der Waals surface area contributed by atoms with Crippen LogP contribution >= 0.6 is 11.3 Å². The van der Waals surface area contributed by atoms with E-state index >= 15 is 0 Å². The summed E-state index contributed by atoms with van der Waals surface area (Å²) in [4.78, 5) is 32.9. The molecule has 1 atom stereocenters. The van der Waals surface area contributed by atoms with Gasteiger partial charge in [-0.2, -0.15) is 5.26 Å². The van der Waals surface area contributed by atoms with E-state index in [1.165, 1.54) is 17.6 Å². The van der Waals surface area contributed by atoms with Crippen LogP contribution in [0.15, 0.2) is 27.6 Å². The van der Waals surface area contributed by atoms with Crippen molar-refractivity contribution in [2.75, 3.05) is 0 Å². The summed E-state index contributed by atoms with van der Waals surface area (Å²) in [5.74, 6) is -1.11. The van der Waals surface area contributed by atoms with Crippen molar-refractivity contribution in [3.05, 3.63) is 50.8 Å². The van der Waals surface area contributed by atoms with Gasteiger partial charge in [0.05, 0.1) is 24.3 Å². The molecule has 3 rings (SSSR count). The lowest BCUT2D eigenvalue weighted by molar-refractivity contribution is -0.121. The van der Waals surface area contributed by atoms with E-state index in [1.807, 2.05) is 19.9 Å². The van der Waals surface area contributed by atoms with Gasteiger partial charge in [0, 0.05) is 4.88 Å². The molecule has 0 unspecified atom stereocenters. The fraction of sp³-hybridized carbons (Fsp3) is 0.250. The van der Waals surface area contributed by atoms with Crippen molar-refractivity contribution in [2.24, 2.45) is 0 Å². The van der Waals surface area contributed by atoms with Crippen molar-refractivity contribution in [3.63, 3.8) is 0 Å². The molecule has 8 heteroatoms. The molecule has 0 spiro atoms. The molecule has 0 aromatic carbocycles. The number of aromatic nitrogens is 2. The first-order valence-electron chi connectivity index (χ1n) is 7.21. The summed E-state index contributed by atoms with van der Waals surface area (Å²) < 4.78 is 5.13. The van der Waals surface area contributed by atoms with E-state index in [1.54, 1.807) is 12.1 Å². The molecule has 0 fully saturated rings. The fourth-order valence-corrected chi connectivity index (χ4v) is 3.38. The Morgan fingerprint density at radius 2 is 2.33 bits per heavy atom. The highest BCUT2D eigenvalue weighted by Gasteiger charge is 2.24. The van der Waals surface area contributed by atoms with Crippen molar-refractivity contribution in [1.29, 1.82) is 5.26 Å². The van der Waals surface area contributed by atoms with Gasteiger partial charge in [-0.25, -0.2) is 4.98 Å². The van der Waals surface area contributed by atoms with Crippen LogP contribution in [-0.2, 0) is 11.3 Å². The number of fused-ring (bicyclic) bond motifs is 1. The lowest BCUT2D eigenvalue weighted by atomic mass is 10.1. The number of H-pyrrole nitrogens is 1. The maximum Gasteiger partial charge on any atom is 0.259 e. The van der Waals surface area contributed by atoms with Gasteiger partial charge in [-0.1, -0.05) is 0 Å². The van der Waals surface area contributed by atoms with E-state index in [0.29, 0.717) is 16.0 Å². The van der Waals surface area contributed by atoms with Crippen molar-refractivity contribution < 1.29 is 9.21 Å². The third-order valence-corrected chi connectivity index (χ3v) is 4.84. The van der Waals surface area contributed by atoms with Crippen molar-refractivity contribution in [1.82, 2.24) is 15.3 Å². The molecular weight excluding hydrogens is 328 g/mol. The highest BCUT2D eigenvalue weighted by Crippen LogP contribution is 2.26. The predicted octanol–water partition coefficient (Wildman–Crippen LogP) is 2.12. The number of carbonyl (C=O) groups is 1. The molecule has 1 amide bonds. The summed E-state index contributed by atoms with van der Waals surface area (Å²) in [5, 5.41) is 12.5. The highest BCUT2D eigenvalue weighted by molar-refractivity contribution is 7.18. The van der Waals surface area contributed by atoms with Crippen LogP contribution < -0.4 is 10.9 Å². The number of hydrogen-bond donors (Lipinski definition) is 2. The maximum absolute atomic E-state index is 12.3. The van der Waals surface area contributed by atoms with Crippen LogP contribution in [-0.4, -0.2) is 15.9 Å². The van der Waals surface area contributed by atoms with Gasteiger partial charge in [0.25, 0.3) is 5.56 Å². The number of aromatic amines is 1. The van der Waals surface area contributed by atoms with Gasteiger partial charge < -0.3 is 14.7 Å². The average molecular weight is 342 g/mol. The number of nitrogens with zero attached hydrogens (tertiary/aromatic N) is 2. The average Bonchev–Trinajstić information content (AvgIpc) is 3.15. The van der Waals surface area contributed by atoms with E-state index in [0.717, 1.165) is 10.4 Å². The van der Waals surface area contributed by atoms with Gasteiger partial charge in [0.15, 0.2) is 5.92 Å². The summed E-state index contributed by atoms with van der Waals surface area (Å²) in [6, 6.07) is 5.31. The van der Waals surface area contributed by atoms with Crippen molar-refractivity contribution in [3.8, 4) is 6.07 Å². The van der Waals surface area contributed by atoms with Crippen molar-refractivity contribution in [2.45, 2.75) is 26.3 Å². The van der Waals surface area contributed by atoms with Crippen LogP contribution in [0.5, 0.6) is 0 Å². The molecule has 24 heavy (non-hydrogen) atoms. The maximum atomic E-state index is 12.3. The second kappa shape index (κ2) is 6.29. The third-order valence-electron chi connectivity index (χ3n) is 3.74. The molecule has 0 aliphatic rings. The monoisotopic (exact) mass is 342 g/mol. The second-order valence-corrected chi connectivity index (χ2v) is 6.48. The van der Waals surface area contributed by atoms with E-state index in [-0.39, 0.29) is 17.9 Å². The number of furan rings is 1. The van der Waals surface area contributed by atoms with E-state index in [9.17, 15) is 14.9 Å². The molecule has 122 valence electrons. The zero-order chi connectivity index (χ0) is 17.3. The van der Waals surface area contributed by atoms with Crippen LogP contribution in [0.2, 0.25) is 0 Å². The summed E-state index contributed by atoms with van der Waals surface area (Å²) in [6.07, 6.45) is 1.50. The third kappa shape index (κ3) is 2.81. The van der Waals surface area contributed by atoms with Crippen LogP contribution in [0.3, 0.4) is 0 Å². The number of aryl methyl sites for hydroxylation is 2. The number of carbonyl (C=O) groups excluding carboxylic acids is 1. The molecule has 3 heterocycles. The van der Waals surface area contributed by atoms with E-state index in [4.69, 9.17) is 4.42 Å². The van der Waals surface area contributed by atoms with Crippen LogP contribution in [0, 0.1) is 25.2 Å². The lowest BCUT2D eigenvalue weighted by Crippen LogP contribution is -2.30. The van der Waals surface area contributed by atoms with Crippen LogP contribution in [0.4, 0.5) is 0 Å². The zero-order valence-electron chi connectivity index (χ0n) is 13.0. The fourth-order valence-electron chi connectivity index (χ4n) is 2.34. The second-order valence-electron chi connectivity index (χ2n) is 5.27. The minimum Gasteiger partial charge on any atom is -0.467 e. The summed E-state index contributed by atoms with van der Waals surface area (Å²) in [7, 11) is 0. The lowest BCUT2D eigenvalue weighted by Gasteiger charge is -2.09. The smallest absolute Gasteiger partial charge is 0.259 e. The molecule has 0 aliphatic heterocycles. The Labute approximate surface area is 140 Å². The first-order valence-corrected chi connectivity index (χ1v) is 8.02. The van der Waals surface area contributed by atoms with Crippen LogP contribution in [0.1, 0.15) is 27.9 Å². The number of nitriles is 1. The van der Waals surface area contributed by atoms with Gasteiger partial charge in [0.1, 0.15) is 16.4 Å². The van der Waals surface area contributed by atoms with Gasteiger partial charge >= 0.3 is 0 Å². The quantitative estimate of drug-likeness (QED) is 0.754. The predicted molar refractivity (Wildman–Crippen MR) is 88.6 cm³/mol. The minimum atomic E-state index is -1.19. The number of thiophene rings is 1. The van der Waals surface area contributed by atoms with Crippen LogP contribution in [0.25, 0.3) is 10.2 Å². The van der Waals surface area contributed by atoms with E-state index in [2.05, 4.69) is 15.3 Å². The van der Waals surface area contributed by atoms with Gasteiger partial charge in [0.2, 0.25) is 5.91 Å². The molecule has 0 saturated heterocycles. The molecule has 3 aromatic heterocycles. The van der Waals surface area contributed by atoms with Gasteiger partial charge in [-0.05, 0) is 31.5 Å². The number of nitrogens with one attached hydrogen (secondary N) is 2. The first kappa shape index (κ1) is 16.0. The molecule has 0 radical (unpaired) electrons. The minimum absolute atomic E-state index is 0.0493. The molecular formula is C16H14N4O3S. The summed E-state index contributed by atoms with van der Waals surface area (Å²) >= 11 is 1.37. The van der Waals surface area contributed by atoms with Crippen molar-refractivity contribution >= 4 is 27.5 Å². The Bertz CT molecular complexity index is 995. The molecule has 2 N–H and O–H groups in total. The summed E-state index contributed by atoms with van der Waals surface area (Å²) in [6.45, 7) is 3.91. The highest BCUT2D eigenvalue weighted by atomic mass is 32.1. The molecule has 3 aromatic rings. The number of rotatable bonds is 4. The molecule has 7 nitrogen and oxygen atoms in total. The Hall–Kier alpha value is -2.92. The SMILES string of the molecule is Cc1sc2nc([C@H](C#N)C(=O)NCc3ccco3)[nH]c(=O)c2c1C. The van der Waals surface area contributed by atoms with Gasteiger partial charge in [-0.15, -0.1) is 11.3 Å². The Morgan fingerprint density at radius 1 is 1.54 bits per heavy atom. The topological polar surface area (TPSA) is 112 Å². The number of hydrogen-bond acceptors (Lipinski definition) is 6. The molecule has 0 bridgehead atoms. The normalized spacial score (nSPS) is 12.0.